The fraction of sp³-hybridized carbons (Fsp3) is 0.643. The minimum Gasteiger partial charge on any atom is -0.490 e. The molecule has 0 fully saturated rings. The summed E-state index contributed by atoms with van der Waals surface area (Å²) in [4.78, 5) is 66.6. The Kier molecular flexibility index (Phi) is 21.9. The number of H-pyrrole nitrogens is 2. The number of hydrogen-bond acceptors (Lipinski definition) is 6. The zero-order chi connectivity index (χ0) is 48.4. The SMILES string of the molecule is CCCCCCCCCCOc1cc2[nH]c3c([nH]c2cc1OCCCCCCCCCC)c1c(=O)n(CCCCCCCC)c(=O)c2c(Br)c(Br)c4c(=O)n(CCCCCCCC)c(=O)c3c4c21. The number of benzene rings is 3. The van der Waals surface area contributed by atoms with Gasteiger partial charge in [0.2, 0.25) is 0 Å². The van der Waals surface area contributed by atoms with E-state index in [-0.39, 0.29) is 34.6 Å². The first-order valence-corrected chi connectivity index (χ1v) is 28.5. The first-order valence-electron chi connectivity index (χ1n) is 26.9. The molecular weight excluding hydrogens is 984 g/mol. The highest BCUT2D eigenvalue weighted by atomic mass is 79.9. The van der Waals surface area contributed by atoms with Crippen LogP contribution in [0.15, 0.2) is 40.3 Å². The molecule has 0 aliphatic heterocycles. The number of aromatic amines is 2. The Labute approximate surface area is 420 Å². The van der Waals surface area contributed by atoms with Gasteiger partial charge in [-0.2, -0.15) is 0 Å². The first kappa shape index (κ1) is 53.7. The quantitative estimate of drug-likeness (QED) is 0.0235. The molecule has 374 valence electrons. The van der Waals surface area contributed by atoms with Gasteiger partial charge in [0.1, 0.15) is 0 Å². The summed E-state index contributed by atoms with van der Waals surface area (Å²) in [5.41, 5.74) is 0.402. The van der Waals surface area contributed by atoms with Gasteiger partial charge >= 0.3 is 0 Å². The monoisotopic (exact) mass is 1060 g/mol. The second-order valence-corrected chi connectivity index (χ2v) is 21.0. The lowest BCUT2D eigenvalue weighted by atomic mass is 9.94. The number of nitrogens with one attached hydrogen (secondary N) is 2. The third kappa shape index (κ3) is 13.0. The van der Waals surface area contributed by atoms with E-state index in [4.69, 9.17) is 9.47 Å². The average molecular weight is 1070 g/mol. The maximum Gasteiger partial charge on any atom is 0.263 e. The van der Waals surface area contributed by atoms with Crippen LogP contribution in [0.25, 0.3) is 54.4 Å². The van der Waals surface area contributed by atoms with Crippen molar-refractivity contribution >= 4 is 86.2 Å². The molecule has 0 saturated heterocycles. The summed E-state index contributed by atoms with van der Waals surface area (Å²) in [6.07, 6.45) is 31.1. The van der Waals surface area contributed by atoms with Crippen LogP contribution in [0.1, 0.15) is 207 Å². The summed E-state index contributed by atoms with van der Waals surface area (Å²) in [6.45, 7) is 10.5. The van der Waals surface area contributed by atoms with Crippen LogP contribution in [0.3, 0.4) is 0 Å². The van der Waals surface area contributed by atoms with E-state index in [1.165, 1.54) is 86.2 Å². The summed E-state index contributed by atoms with van der Waals surface area (Å²) < 4.78 is 16.6. The summed E-state index contributed by atoms with van der Waals surface area (Å²) in [5.74, 6) is 1.24. The van der Waals surface area contributed by atoms with E-state index in [9.17, 15) is 9.59 Å². The molecule has 0 aliphatic carbocycles. The van der Waals surface area contributed by atoms with Crippen LogP contribution >= 0.6 is 31.9 Å². The minimum atomic E-state index is -0.442. The van der Waals surface area contributed by atoms with E-state index < -0.39 is 22.2 Å². The van der Waals surface area contributed by atoms with Crippen LogP contribution in [-0.4, -0.2) is 32.3 Å². The third-order valence-corrected chi connectivity index (χ3v) is 16.2. The van der Waals surface area contributed by atoms with Crippen LogP contribution in [0.5, 0.6) is 11.5 Å². The van der Waals surface area contributed by atoms with E-state index in [2.05, 4.69) is 69.5 Å². The zero-order valence-electron chi connectivity index (χ0n) is 41.9. The van der Waals surface area contributed by atoms with Crippen molar-refractivity contribution in [1.82, 2.24) is 19.1 Å². The van der Waals surface area contributed by atoms with E-state index in [1.54, 1.807) is 0 Å². The molecule has 0 saturated carbocycles. The molecule has 0 unspecified atom stereocenters. The van der Waals surface area contributed by atoms with Gasteiger partial charge in [0.25, 0.3) is 22.2 Å². The topological polar surface area (TPSA) is 128 Å². The second kappa shape index (κ2) is 27.7. The predicted molar refractivity (Wildman–Crippen MR) is 293 cm³/mol. The van der Waals surface area contributed by atoms with Crippen LogP contribution in [-0.2, 0) is 13.1 Å². The number of halogens is 2. The highest BCUT2D eigenvalue weighted by molar-refractivity contribution is 9.13. The zero-order valence-corrected chi connectivity index (χ0v) is 45.1. The Balaban J connectivity index is 1.50. The molecule has 3 heterocycles. The molecular formula is C56H80Br2N4O6. The predicted octanol–water partition coefficient (Wildman–Crippen LogP) is 15.9. The number of aromatic nitrogens is 4. The van der Waals surface area contributed by atoms with Crippen molar-refractivity contribution in [3.8, 4) is 11.5 Å². The molecule has 2 N–H and O–H groups in total. The molecule has 0 aliphatic rings. The standard InChI is InChI=1S/C56H80Br2N4O6/c1-5-9-13-17-21-23-27-31-35-67-41-37-39-40(38-42(41)68-36-32-28-24-22-18-14-10-6-2)60-52-48-44-43-45(53(63)61(33-29-25-19-15-11-7-3)55(65)47(43)51(52)59-39)49(57)50(58)46(44)54(64)62(56(48)66)34-30-26-20-16-12-8-4/h37-38,59-60H,5-36H2,1-4H3. The molecule has 68 heavy (non-hydrogen) atoms. The number of nitrogens with zero attached hydrogens (tertiary/aromatic N) is 2. The largest absolute Gasteiger partial charge is 0.490 e. The second-order valence-electron chi connectivity index (χ2n) is 19.4. The van der Waals surface area contributed by atoms with Crippen LogP contribution < -0.4 is 31.7 Å². The van der Waals surface area contributed by atoms with Crippen molar-refractivity contribution in [2.45, 2.75) is 221 Å². The third-order valence-electron chi connectivity index (χ3n) is 14.1. The van der Waals surface area contributed by atoms with Gasteiger partial charge in [0.05, 0.1) is 56.8 Å². The maximum absolute atomic E-state index is 15.0. The Morgan fingerprint density at radius 1 is 0.382 bits per heavy atom. The van der Waals surface area contributed by atoms with Gasteiger partial charge in [-0.05, 0) is 57.5 Å². The van der Waals surface area contributed by atoms with Gasteiger partial charge in [-0.1, -0.05) is 182 Å². The van der Waals surface area contributed by atoms with Gasteiger partial charge in [-0.15, -0.1) is 0 Å². The molecule has 3 aromatic heterocycles. The first-order chi connectivity index (χ1) is 33.2. The Bertz CT molecular complexity index is 2600. The number of unbranched alkanes of at least 4 members (excludes halogenated alkanes) is 24. The van der Waals surface area contributed by atoms with Crippen molar-refractivity contribution in [2.75, 3.05) is 13.2 Å². The highest BCUT2D eigenvalue weighted by Crippen LogP contribution is 2.43. The number of ether oxygens (including phenoxy) is 2. The molecule has 3 aromatic carbocycles. The van der Waals surface area contributed by atoms with Crippen LogP contribution in [0.4, 0.5) is 0 Å². The van der Waals surface area contributed by atoms with Crippen molar-refractivity contribution < 1.29 is 9.47 Å². The Morgan fingerprint density at radius 3 is 0.985 bits per heavy atom. The lowest BCUT2D eigenvalue weighted by Crippen LogP contribution is -2.36. The molecule has 0 bridgehead atoms. The van der Waals surface area contributed by atoms with Crippen molar-refractivity contribution in [1.29, 1.82) is 0 Å². The Morgan fingerprint density at radius 2 is 0.662 bits per heavy atom. The van der Waals surface area contributed by atoms with Crippen molar-refractivity contribution in [3.05, 3.63) is 62.5 Å². The molecule has 6 aromatic rings. The van der Waals surface area contributed by atoms with Crippen LogP contribution in [0.2, 0.25) is 0 Å². The summed E-state index contributed by atoms with van der Waals surface area (Å²) in [5, 5.41) is 1.75. The highest BCUT2D eigenvalue weighted by Gasteiger charge is 2.29. The molecule has 10 nitrogen and oxygen atoms in total. The number of hydrogen-bond donors (Lipinski definition) is 2. The van der Waals surface area contributed by atoms with Crippen molar-refractivity contribution in [3.63, 3.8) is 0 Å². The molecule has 0 spiro atoms. The van der Waals surface area contributed by atoms with Gasteiger partial charge < -0.3 is 19.4 Å². The molecule has 0 atom stereocenters. The van der Waals surface area contributed by atoms with E-state index in [0.717, 1.165) is 89.9 Å². The lowest BCUT2D eigenvalue weighted by molar-refractivity contribution is 0.259. The minimum absolute atomic E-state index is 0.261. The van der Waals surface area contributed by atoms with Gasteiger partial charge in [0, 0.05) is 44.9 Å². The normalized spacial score (nSPS) is 12.0. The van der Waals surface area contributed by atoms with Crippen LogP contribution in [0, 0.1) is 0 Å². The molecule has 0 amide bonds. The number of pyridine rings is 2. The summed E-state index contributed by atoms with van der Waals surface area (Å²) in [7, 11) is 0. The fourth-order valence-corrected chi connectivity index (χ4v) is 11.2. The molecule has 0 radical (unpaired) electrons. The smallest absolute Gasteiger partial charge is 0.263 e. The molecule has 6 rings (SSSR count). The average Bonchev–Trinajstić information content (AvgIpc) is 3.33. The summed E-state index contributed by atoms with van der Waals surface area (Å²) in [6, 6.07) is 3.88. The lowest BCUT2D eigenvalue weighted by Gasteiger charge is -2.20. The van der Waals surface area contributed by atoms with E-state index >= 15 is 9.59 Å². The summed E-state index contributed by atoms with van der Waals surface area (Å²) >= 11 is 7.46. The fourth-order valence-electron chi connectivity index (χ4n) is 10.1. The molecule has 12 heteroatoms. The van der Waals surface area contributed by atoms with Crippen molar-refractivity contribution in [2.24, 2.45) is 0 Å². The van der Waals surface area contributed by atoms with Gasteiger partial charge in [0.15, 0.2) is 11.5 Å². The van der Waals surface area contributed by atoms with E-state index in [1.807, 2.05) is 12.1 Å². The number of rotatable bonds is 34. The van der Waals surface area contributed by atoms with Gasteiger partial charge in [-0.3, -0.25) is 28.3 Å². The maximum atomic E-state index is 15.0. The van der Waals surface area contributed by atoms with Gasteiger partial charge in [-0.25, -0.2) is 0 Å². The number of fused-ring (bicyclic) bond motifs is 4. The van der Waals surface area contributed by atoms with E-state index in [0.29, 0.717) is 79.3 Å². The Hall–Kier alpha value is -3.64.